The third-order valence-electron chi connectivity index (χ3n) is 6.21. The molecule has 0 radical (unpaired) electrons. The zero-order valence-electron chi connectivity index (χ0n) is 18.3. The number of hydrogen-bond donors (Lipinski definition) is 1. The standard InChI is InChI=1S/C27H32N2OS/c1-21-8-2-3-10-25(21)20-31-17-15-28-27(30)24-13-7-16-29(19-24)18-23-12-6-11-22-9-4-5-14-26(22)23/h2-6,8-12,14,24H,7,13,15-20H2,1H3,(H,28,30). The number of carbonyl (C=O) groups excluding carboxylic acids is 1. The molecule has 3 aromatic carbocycles. The summed E-state index contributed by atoms with van der Waals surface area (Å²) in [6.07, 6.45) is 2.08. The highest BCUT2D eigenvalue weighted by Gasteiger charge is 2.25. The topological polar surface area (TPSA) is 32.3 Å². The monoisotopic (exact) mass is 432 g/mol. The van der Waals surface area contributed by atoms with Crippen LogP contribution in [0.15, 0.2) is 66.7 Å². The molecule has 3 nitrogen and oxygen atoms in total. The lowest BCUT2D eigenvalue weighted by Crippen LogP contribution is -2.43. The minimum atomic E-state index is 0.102. The Morgan fingerprint density at radius 1 is 1.03 bits per heavy atom. The molecule has 4 heteroatoms. The van der Waals surface area contributed by atoms with Crippen LogP contribution in [0.3, 0.4) is 0 Å². The van der Waals surface area contributed by atoms with E-state index in [-0.39, 0.29) is 11.8 Å². The van der Waals surface area contributed by atoms with Gasteiger partial charge in [-0.3, -0.25) is 9.69 Å². The molecule has 0 bridgehead atoms. The number of rotatable bonds is 8. The zero-order chi connectivity index (χ0) is 21.5. The molecular formula is C27H32N2OS. The lowest BCUT2D eigenvalue weighted by Gasteiger charge is -2.32. The SMILES string of the molecule is Cc1ccccc1CSCCNC(=O)C1CCCN(Cc2cccc3ccccc23)C1. The second-order valence-corrected chi connectivity index (χ2v) is 9.59. The lowest BCUT2D eigenvalue weighted by atomic mass is 9.96. The normalized spacial score (nSPS) is 17.0. The lowest BCUT2D eigenvalue weighted by molar-refractivity contribution is -0.126. The molecular weight excluding hydrogens is 400 g/mol. The molecule has 1 aliphatic heterocycles. The number of aryl methyl sites for hydroxylation is 1. The number of benzene rings is 3. The molecule has 1 amide bonds. The molecule has 0 aromatic heterocycles. The number of piperidine rings is 1. The van der Waals surface area contributed by atoms with Gasteiger partial charge >= 0.3 is 0 Å². The van der Waals surface area contributed by atoms with Gasteiger partial charge in [0, 0.05) is 31.1 Å². The molecule has 0 saturated carbocycles. The Balaban J connectivity index is 1.23. The third-order valence-corrected chi connectivity index (χ3v) is 7.22. The summed E-state index contributed by atoms with van der Waals surface area (Å²) < 4.78 is 0. The first kappa shape index (κ1) is 21.9. The van der Waals surface area contributed by atoms with Crippen molar-refractivity contribution >= 4 is 28.4 Å². The Kier molecular flexibility index (Phi) is 7.66. The van der Waals surface area contributed by atoms with Crippen LogP contribution in [-0.4, -0.2) is 36.2 Å². The summed E-state index contributed by atoms with van der Waals surface area (Å²) in [6.45, 7) is 5.74. The van der Waals surface area contributed by atoms with Gasteiger partial charge in [0.25, 0.3) is 0 Å². The fourth-order valence-electron chi connectivity index (χ4n) is 4.43. The van der Waals surface area contributed by atoms with Crippen LogP contribution < -0.4 is 5.32 Å². The van der Waals surface area contributed by atoms with Gasteiger partial charge in [0.15, 0.2) is 0 Å². The van der Waals surface area contributed by atoms with Crippen LogP contribution in [0.1, 0.15) is 29.5 Å². The smallest absolute Gasteiger partial charge is 0.224 e. The maximum absolute atomic E-state index is 12.7. The molecule has 1 N–H and O–H groups in total. The molecule has 1 unspecified atom stereocenters. The van der Waals surface area contributed by atoms with Gasteiger partial charge in [-0.25, -0.2) is 0 Å². The van der Waals surface area contributed by atoms with Crippen LogP contribution >= 0.6 is 11.8 Å². The van der Waals surface area contributed by atoms with E-state index in [1.807, 2.05) is 11.8 Å². The molecule has 3 aromatic rings. The van der Waals surface area contributed by atoms with Gasteiger partial charge in [-0.15, -0.1) is 0 Å². The summed E-state index contributed by atoms with van der Waals surface area (Å²) in [5.41, 5.74) is 4.08. The molecule has 0 spiro atoms. The minimum absolute atomic E-state index is 0.102. The predicted octanol–water partition coefficient (Wildman–Crippen LogP) is 5.41. The zero-order valence-corrected chi connectivity index (χ0v) is 19.2. The number of nitrogens with one attached hydrogen (secondary N) is 1. The summed E-state index contributed by atoms with van der Waals surface area (Å²) in [5, 5.41) is 5.79. The highest BCUT2D eigenvalue weighted by Crippen LogP contribution is 2.23. The van der Waals surface area contributed by atoms with Crippen LogP contribution in [-0.2, 0) is 17.1 Å². The second-order valence-electron chi connectivity index (χ2n) is 8.48. The van der Waals surface area contributed by atoms with E-state index in [1.54, 1.807) is 0 Å². The largest absolute Gasteiger partial charge is 0.355 e. The van der Waals surface area contributed by atoms with E-state index in [0.29, 0.717) is 0 Å². The van der Waals surface area contributed by atoms with Crippen LogP contribution in [0.2, 0.25) is 0 Å². The fraction of sp³-hybridized carbons (Fsp3) is 0.370. The van der Waals surface area contributed by atoms with E-state index < -0.39 is 0 Å². The number of nitrogens with zero attached hydrogens (tertiary/aromatic N) is 1. The predicted molar refractivity (Wildman–Crippen MR) is 132 cm³/mol. The molecule has 162 valence electrons. The Bertz CT molecular complexity index is 1010. The molecule has 1 saturated heterocycles. The third kappa shape index (κ3) is 5.90. The first-order valence-electron chi connectivity index (χ1n) is 11.3. The highest BCUT2D eigenvalue weighted by atomic mass is 32.2. The van der Waals surface area contributed by atoms with E-state index in [4.69, 9.17) is 0 Å². The van der Waals surface area contributed by atoms with Gasteiger partial charge in [-0.1, -0.05) is 66.7 Å². The number of carbonyl (C=O) groups is 1. The summed E-state index contributed by atoms with van der Waals surface area (Å²) in [6, 6.07) is 23.6. The van der Waals surface area contributed by atoms with Gasteiger partial charge in [-0.2, -0.15) is 11.8 Å². The number of likely N-dealkylation sites (tertiary alicyclic amines) is 1. The Morgan fingerprint density at radius 3 is 2.71 bits per heavy atom. The molecule has 1 fully saturated rings. The molecule has 4 rings (SSSR count). The van der Waals surface area contributed by atoms with E-state index >= 15 is 0 Å². The molecule has 1 heterocycles. The minimum Gasteiger partial charge on any atom is -0.355 e. The van der Waals surface area contributed by atoms with Crippen molar-refractivity contribution in [3.63, 3.8) is 0 Å². The second kappa shape index (κ2) is 10.8. The van der Waals surface area contributed by atoms with Crippen molar-refractivity contribution < 1.29 is 4.79 Å². The molecule has 1 atom stereocenters. The Labute approximate surface area is 190 Å². The van der Waals surface area contributed by atoms with Gasteiger partial charge in [-0.05, 0) is 53.8 Å². The number of thioether (sulfide) groups is 1. The van der Waals surface area contributed by atoms with Crippen molar-refractivity contribution in [1.82, 2.24) is 10.2 Å². The van der Waals surface area contributed by atoms with Gasteiger partial charge < -0.3 is 5.32 Å². The first-order valence-corrected chi connectivity index (χ1v) is 12.4. The maximum Gasteiger partial charge on any atom is 0.224 e. The van der Waals surface area contributed by atoms with Crippen molar-refractivity contribution in [3.8, 4) is 0 Å². The molecule has 31 heavy (non-hydrogen) atoms. The van der Waals surface area contributed by atoms with Crippen LogP contribution in [0.25, 0.3) is 10.8 Å². The van der Waals surface area contributed by atoms with E-state index in [1.165, 1.54) is 27.5 Å². The van der Waals surface area contributed by atoms with Gasteiger partial charge in [0.2, 0.25) is 5.91 Å². The van der Waals surface area contributed by atoms with Crippen molar-refractivity contribution in [1.29, 1.82) is 0 Å². The van der Waals surface area contributed by atoms with Crippen molar-refractivity contribution in [2.45, 2.75) is 32.1 Å². The van der Waals surface area contributed by atoms with Gasteiger partial charge in [0.05, 0.1) is 5.92 Å². The van der Waals surface area contributed by atoms with E-state index in [0.717, 1.165) is 50.5 Å². The van der Waals surface area contributed by atoms with Crippen molar-refractivity contribution in [2.75, 3.05) is 25.4 Å². The van der Waals surface area contributed by atoms with Crippen LogP contribution in [0.5, 0.6) is 0 Å². The van der Waals surface area contributed by atoms with E-state index in [2.05, 4.69) is 83.9 Å². The summed E-state index contributed by atoms with van der Waals surface area (Å²) in [4.78, 5) is 15.2. The van der Waals surface area contributed by atoms with Crippen molar-refractivity contribution in [3.05, 3.63) is 83.4 Å². The van der Waals surface area contributed by atoms with E-state index in [9.17, 15) is 4.79 Å². The summed E-state index contributed by atoms with van der Waals surface area (Å²) >= 11 is 1.89. The summed E-state index contributed by atoms with van der Waals surface area (Å²) in [5.74, 6) is 2.28. The average molecular weight is 433 g/mol. The molecule has 1 aliphatic rings. The highest BCUT2D eigenvalue weighted by molar-refractivity contribution is 7.98. The Hall–Kier alpha value is -2.30. The number of fused-ring (bicyclic) bond motifs is 1. The summed E-state index contributed by atoms with van der Waals surface area (Å²) in [7, 11) is 0. The molecule has 0 aliphatic carbocycles. The average Bonchev–Trinajstić information content (AvgIpc) is 2.80. The van der Waals surface area contributed by atoms with Gasteiger partial charge in [0.1, 0.15) is 0 Å². The van der Waals surface area contributed by atoms with Crippen LogP contribution in [0, 0.1) is 12.8 Å². The number of hydrogen-bond acceptors (Lipinski definition) is 3. The Morgan fingerprint density at radius 2 is 1.81 bits per heavy atom. The quantitative estimate of drug-likeness (QED) is 0.483. The number of amides is 1. The van der Waals surface area contributed by atoms with Crippen LogP contribution in [0.4, 0.5) is 0 Å². The maximum atomic E-state index is 12.7. The van der Waals surface area contributed by atoms with Crippen molar-refractivity contribution in [2.24, 2.45) is 5.92 Å². The first-order chi connectivity index (χ1) is 15.2. The fourth-order valence-corrected chi connectivity index (χ4v) is 5.36.